The molecule has 17 heavy (non-hydrogen) atoms. The van der Waals surface area contributed by atoms with Crippen molar-refractivity contribution in [3.63, 3.8) is 0 Å². The van der Waals surface area contributed by atoms with Crippen LogP contribution in [-0.2, 0) is 11.8 Å². The topological polar surface area (TPSA) is 58.4 Å². The summed E-state index contributed by atoms with van der Waals surface area (Å²) in [5.41, 5.74) is 2.69. The van der Waals surface area contributed by atoms with E-state index < -0.39 is 12.0 Å². The molecule has 1 unspecified atom stereocenters. The van der Waals surface area contributed by atoms with E-state index in [-0.39, 0.29) is 0 Å². The first-order valence-electron chi connectivity index (χ1n) is 5.38. The Kier molecular flexibility index (Phi) is 2.75. The Labute approximate surface area is 99.3 Å². The lowest BCUT2D eigenvalue weighted by Gasteiger charge is -2.24. The molecule has 1 atom stereocenters. The number of rotatable bonds is 3. The number of anilines is 1. The summed E-state index contributed by atoms with van der Waals surface area (Å²) in [6, 6.07) is 3.18. The van der Waals surface area contributed by atoms with Crippen molar-refractivity contribution in [3.05, 3.63) is 24.5 Å². The van der Waals surface area contributed by atoms with Crippen molar-refractivity contribution in [1.29, 1.82) is 0 Å². The van der Waals surface area contributed by atoms with Crippen molar-refractivity contribution in [2.45, 2.75) is 13.0 Å². The fourth-order valence-electron chi connectivity index (χ4n) is 1.86. The molecule has 2 heterocycles. The molecule has 0 saturated carbocycles. The molecular formula is C12H15N3O2. The van der Waals surface area contributed by atoms with Gasteiger partial charge in [0.25, 0.3) is 0 Å². The fraction of sp³-hybridized carbons (Fsp3) is 0.333. The van der Waals surface area contributed by atoms with Crippen LogP contribution in [0.5, 0.6) is 0 Å². The van der Waals surface area contributed by atoms with Gasteiger partial charge in [0.05, 0.1) is 16.7 Å². The Balaban J connectivity index is 2.55. The van der Waals surface area contributed by atoms with Crippen molar-refractivity contribution in [2.75, 3.05) is 11.9 Å². The highest BCUT2D eigenvalue weighted by Crippen LogP contribution is 2.25. The summed E-state index contributed by atoms with van der Waals surface area (Å²) in [6.45, 7) is 1.66. The third kappa shape index (κ3) is 1.84. The van der Waals surface area contributed by atoms with Crippen LogP contribution in [0.15, 0.2) is 24.5 Å². The number of aryl methyl sites for hydroxylation is 1. The van der Waals surface area contributed by atoms with E-state index in [1.807, 2.05) is 29.9 Å². The minimum Gasteiger partial charge on any atom is -0.480 e. The maximum Gasteiger partial charge on any atom is 0.326 e. The second-order valence-corrected chi connectivity index (χ2v) is 4.12. The van der Waals surface area contributed by atoms with Gasteiger partial charge in [-0.25, -0.2) is 4.79 Å². The lowest BCUT2D eigenvalue weighted by molar-refractivity contribution is -0.138. The van der Waals surface area contributed by atoms with E-state index in [1.54, 1.807) is 25.1 Å². The maximum atomic E-state index is 11.0. The van der Waals surface area contributed by atoms with E-state index in [1.165, 1.54) is 0 Å². The summed E-state index contributed by atoms with van der Waals surface area (Å²) in [7, 11) is 3.70. The molecule has 0 aliphatic heterocycles. The molecule has 5 heteroatoms. The third-order valence-electron chi connectivity index (χ3n) is 3.06. The van der Waals surface area contributed by atoms with Gasteiger partial charge in [-0.15, -0.1) is 0 Å². The van der Waals surface area contributed by atoms with Crippen LogP contribution in [0.1, 0.15) is 6.92 Å². The van der Waals surface area contributed by atoms with Gasteiger partial charge in [-0.1, -0.05) is 0 Å². The largest absolute Gasteiger partial charge is 0.480 e. The summed E-state index contributed by atoms with van der Waals surface area (Å²) in [5, 5.41) is 9.04. The lowest BCUT2D eigenvalue weighted by atomic mass is 10.2. The molecule has 2 aromatic heterocycles. The zero-order chi connectivity index (χ0) is 12.6. The second kappa shape index (κ2) is 4.08. The molecule has 0 spiro atoms. The molecule has 2 rings (SSSR count). The monoisotopic (exact) mass is 233 g/mol. The van der Waals surface area contributed by atoms with E-state index in [2.05, 4.69) is 4.98 Å². The second-order valence-electron chi connectivity index (χ2n) is 4.12. The van der Waals surface area contributed by atoms with Crippen LogP contribution in [0.4, 0.5) is 5.69 Å². The fourth-order valence-corrected chi connectivity index (χ4v) is 1.86. The first-order chi connectivity index (χ1) is 8.02. The Hall–Kier alpha value is -2.04. The summed E-state index contributed by atoms with van der Waals surface area (Å²) >= 11 is 0. The number of carboxylic acid groups (broad SMARTS) is 1. The highest BCUT2D eigenvalue weighted by atomic mass is 16.4. The first kappa shape index (κ1) is 11.4. The molecular weight excluding hydrogens is 218 g/mol. The Morgan fingerprint density at radius 2 is 2.24 bits per heavy atom. The number of hydrogen-bond donors (Lipinski definition) is 1. The molecule has 0 aliphatic carbocycles. The number of aromatic nitrogens is 2. The molecule has 0 fully saturated rings. The van der Waals surface area contributed by atoms with Crippen molar-refractivity contribution >= 4 is 22.7 Å². The molecule has 0 amide bonds. The van der Waals surface area contributed by atoms with Gasteiger partial charge in [0.15, 0.2) is 0 Å². The number of aliphatic carboxylic acids is 1. The number of carbonyl (C=O) groups is 1. The number of fused-ring (bicyclic) bond motifs is 1. The van der Waals surface area contributed by atoms with Gasteiger partial charge in [0.2, 0.25) is 0 Å². The van der Waals surface area contributed by atoms with E-state index >= 15 is 0 Å². The van der Waals surface area contributed by atoms with E-state index in [0.29, 0.717) is 0 Å². The molecule has 2 aromatic rings. The molecule has 0 aliphatic rings. The van der Waals surface area contributed by atoms with Crippen LogP contribution in [-0.4, -0.2) is 33.7 Å². The minimum absolute atomic E-state index is 0.574. The summed E-state index contributed by atoms with van der Waals surface area (Å²) in [6.07, 6.45) is 3.61. The maximum absolute atomic E-state index is 11.0. The molecule has 1 N–H and O–H groups in total. The van der Waals surface area contributed by atoms with Gasteiger partial charge in [-0.3, -0.25) is 4.98 Å². The summed E-state index contributed by atoms with van der Waals surface area (Å²) in [5.74, 6) is -0.841. The van der Waals surface area contributed by atoms with Crippen molar-refractivity contribution < 1.29 is 9.90 Å². The summed E-state index contributed by atoms with van der Waals surface area (Å²) < 4.78 is 1.95. The average Bonchev–Trinajstić information content (AvgIpc) is 2.69. The quantitative estimate of drug-likeness (QED) is 0.872. The minimum atomic E-state index is -0.841. The lowest BCUT2D eigenvalue weighted by Crippen LogP contribution is -2.36. The van der Waals surface area contributed by atoms with Crippen LogP contribution >= 0.6 is 0 Å². The van der Waals surface area contributed by atoms with Gasteiger partial charge in [0.1, 0.15) is 6.04 Å². The highest BCUT2D eigenvalue weighted by molar-refractivity contribution is 5.91. The number of nitrogens with zero attached hydrogens (tertiary/aromatic N) is 3. The molecule has 0 bridgehead atoms. The van der Waals surface area contributed by atoms with Crippen molar-refractivity contribution in [2.24, 2.45) is 7.05 Å². The van der Waals surface area contributed by atoms with Crippen LogP contribution < -0.4 is 4.90 Å². The van der Waals surface area contributed by atoms with Gasteiger partial charge >= 0.3 is 5.97 Å². The molecule has 0 saturated heterocycles. The number of pyridine rings is 1. The smallest absolute Gasteiger partial charge is 0.326 e. The van der Waals surface area contributed by atoms with Gasteiger partial charge in [-0.2, -0.15) is 0 Å². The summed E-state index contributed by atoms with van der Waals surface area (Å²) in [4.78, 5) is 17.0. The standard InChI is InChI=1S/C12H15N3O2/c1-8(12(16)17)15(3)10-4-6-13-9-5-7-14(2)11(9)10/h4-8H,1-3H3,(H,16,17). The zero-order valence-corrected chi connectivity index (χ0v) is 10.1. The van der Waals surface area contributed by atoms with Crippen LogP contribution in [0.2, 0.25) is 0 Å². The molecule has 90 valence electrons. The number of carboxylic acids is 1. The van der Waals surface area contributed by atoms with E-state index in [9.17, 15) is 4.79 Å². The van der Waals surface area contributed by atoms with Gasteiger partial charge < -0.3 is 14.6 Å². The molecule has 5 nitrogen and oxygen atoms in total. The van der Waals surface area contributed by atoms with Crippen LogP contribution in [0.25, 0.3) is 11.0 Å². The predicted molar refractivity (Wildman–Crippen MR) is 66.2 cm³/mol. The first-order valence-corrected chi connectivity index (χ1v) is 5.38. The Morgan fingerprint density at radius 3 is 2.88 bits per heavy atom. The van der Waals surface area contributed by atoms with E-state index in [4.69, 9.17) is 5.11 Å². The zero-order valence-electron chi connectivity index (χ0n) is 10.1. The van der Waals surface area contributed by atoms with Gasteiger partial charge in [0, 0.05) is 26.5 Å². The van der Waals surface area contributed by atoms with Crippen molar-refractivity contribution in [1.82, 2.24) is 9.55 Å². The normalized spacial score (nSPS) is 12.6. The molecule has 0 radical (unpaired) electrons. The van der Waals surface area contributed by atoms with Gasteiger partial charge in [-0.05, 0) is 19.1 Å². The SMILES string of the molecule is CC(C(=O)O)N(C)c1ccnc2ccn(C)c12. The molecule has 0 aromatic carbocycles. The van der Waals surface area contributed by atoms with E-state index in [0.717, 1.165) is 16.7 Å². The highest BCUT2D eigenvalue weighted by Gasteiger charge is 2.19. The van der Waals surface area contributed by atoms with Crippen LogP contribution in [0.3, 0.4) is 0 Å². The number of likely N-dealkylation sites (N-methyl/N-ethyl adjacent to an activating group) is 1. The van der Waals surface area contributed by atoms with Crippen LogP contribution in [0, 0.1) is 0 Å². The Morgan fingerprint density at radius 1 is 1.53 bits per heavy atom. The third-order valence-corrected chi connectivity index (χ3v) is 3.06. The predicted octanol–water partition coefficient (Wildman–Crippen LogP) is 1.48. The number of hydrogen-bond acceptors (Lipinski definition) is 3. The van der Waals surface area contributed by atoms with Crippen molar-refractivity contribution in [3.8, 4) is 0 Å². The Bertz CT molecular complexity index is 562. The average molecular weight is 233 g/mol.